The van der Waals surface area contributed by atoms with Gasteiger partial charge in [-0.25, -0.2) is 0 Å². The molecule has 31 heavy (non-hydrogen) atoms. The second-order valence-electron chi connectivity index (χ2n) is 7.59. The lowest BCUT2D eigenvalue weighted by molar-refractivity contribution is -0.184. The molecule has 1 fully saturated rings. The van der Waals surface area contributed by atoms with Gasteiger partial charge >= 0.3 is 0 Å². The minimum atomic E-state index is -0.827. The summed E-state index contributed by atoms with van der Waals surface area (Å²) in [4.78, 5) is 12.7. The summed E-state index contributed by atoms with van der Waals surface area (Å²) in [7, 11) is 1.44. The van der Waals surface area contributed by atoms with Crippen molar-refractivity contribution in [3.05, 3.63) is 41.5 Å². The average molecular weight is 432 g/mol. The van der Waals surface area contributed by atoms with Crippen molar-refractivity contribution in [2.45, 2.75) is 43.9 Å². The highest BCUT2D eigenvalue weighted by atomic mass is 16.7. The molecule has 9 nitrogen and oxygen atoms in total. The fourth-order valence-electron chi connectivity index (χ4n) is 3.87. The van der Waals surface area contributed by atoms with Crippen molar-refractivity contribution in [3.8, 4) is 28.7 Å². The Labute approximate surface area is 178 Å². The molecule has 1 saturated heterocycles. The number of benzene rings is 2. The first-order valence-corrected chi connectivity index (χ1v) is 9.92. The Morgan fingerprint density at radius 3 is 2.65 bits per heavy atom. The van der Waals surface area contributed by atoms with E-state index < -0.39 is 24.6 Å². The number of aromatic hydroxyl groups is 2. The minimum absolute atomic E-state index is 0.0113. The van der Waals surface area contributed by atoms with Crippen LogP contribution in [0.25, 0.3) is 0 Å². The third kappa shape index (κ3) is 4.39. The van der Waals surface area contributed by atoms with E-state index in [2.05, 4.69) is 0 Å². The van der Waals surface area contributed by atoms with Crippen molar-refractivity contribution < 1.29 is 44.2 Å². The number of ketones is 1. The second-order valence-corrected chi connectivity index (χ2v) is 7.59. The average Bonchev–Trinajstić information content (AvgIpc) is 2.72. The summed E-state index contributed by atoms with van der Waals surface area (Å²) in [6, 6.07) is 7.50. The number of phenolic OH excluding ortho intramolecular Hbond substituents is 2. The van der Waals surface area contributed by atoms with Crippen LogP contribution in [-0.2, 0) is 4.74 Å². The number of carbonyl (C=O) groups excluding carboxylic acids is 1. The minimum Gasteiger partial charge on any atom is -0.507 e. The lowest BCUT2D eigenvalue weighted by Gasteiger charge is -2.32. The molecule has 0 saturated carbocycles. The van der Waals surface area contributed by atoms with Gasteiger partial charge in [0.05, 0.1) is 32.3 Å². The first kappa shape index (κ1) is 21.2. The van der Waals surface area contributed by atoms with E-state index in [1.165, 1.54) is 25.3 Å². The molecule has 4 N–H and O–H groups in total. The summed E-state index contributed by atoms with van der Waals surface area (Å²) in [5, 5.41) is 39.7. The third-order valence-corrected chi connectivity index (χ3v) is 5.36. The van der Waals surface area contributed by atoms with E-state index in [-0.39, 0.29) is 53.8 Å². The number of hydrogen-bond donors (Lipinski definition) is 4. The molecular weight excluding hydrogens is 408 g/mol. The Kier molecular flexibility index (Phi) is 5.90. The molecule has 0 spiro atoms. The van der Waals surface area contributed by atoms with Crippen LogP contribution < -0.4 is 14.2 Å². The highest BCUT2D eigenvalue weighted by molar-refractivity contribution is 6.02. The number of fused-ring (bicyclic) bond motifs is 1. The summed E-state index contributed by atoms with van der Waals surface area (Å²) >= 11 is 0. The van der Waals surface area contributed by atoms with Gasteiger partial charge in [-0.3, -0.25) is 4.79 Å². The molecular formula is C22H24O9. The van der Waals surface area contributed by atoms with Crippen LogP contribution >= 0.6 is 0 Å². The fourth-order valence-corrected chi connectivity index (χ4v) is 3.87. The van der Waals surface area contributed by atoms with Gasteiger partial charge in [-0.1, -0.05) is 6.07 Å². The van der Waals surface area contributed by atoms with Crippen molar-refractivity contribution in [3.63, 3.8) is 0 Å². The number of Topliss-reactive ketones (excluding diaryl/α,β-unsaturated/α-hetero) is 1. The number of rotatable bonds is 5. The van der Waals surface area contributed by atoms with Crippen LogP contribution in [0, 0.1) is 0 Å². The second kappa shape index (κ2) is 8.62. The highest BCUT2D eigenvalue weighted by Crippen LogP contribution is 2.43. The molecule has 2 aliphatic rings. The van der Waals surface area contributed by atoms with E-state index in [1.54, 1.807) is 12.1 Å². The molecule has 3 unspecified atom stereocenters. The lowest BCUT2D eigenvalue weighted by Crippen LogP contribution is -2.40. The van der Waals surface area contributed by atoms with Gasteiger partial charge in [0.15, 0.2) is 17.3 Å². The first-order chi connectivity index (χ1) is 14.9. The Hall–Kier alpha value is -3.01. The SMILES string of the molecule is COc1ccc([C@@H]2CC(=O)c3c(O)cc(OC4CC(O)CC(CO)O4)cc3O2)cc1O. The number of hydrogen-bond acceptors (Lipinski definition) is 9. The molecule has 2 aromatic rings. The van der Waals surface area contributed by atoms with Gasteiger partial charge in [0, 0.05) is 25.0 Å². The molecule has 4 rings (SSSR count). The van der Waals surface area contributed by atoms with E-state index in [4.69, 9.17) is 18.9 Å². The molecule has 0 bridgehead atoms. The van der Waals surface area contributed by atoms with Crippen molar-refractivity contribution >= 4 is 5.78 Å². The zero-order valence-corrected chi connectivity index (χ0v) is 16.9. The number of phenols is 2. The predicted octanol–water partition coefficient (Wildman–Crippen LogP) is 2.05. The van der Waals surface area contributed by atoms with Crippen LogP contribution in [-0.4, -0.2) is 58.4 Å². The van der Waals surface area contributed by atoms with Crippen LogP contribution in [0.3, 0.4) is 0 Å². The first-order valence-electron chi connectivity index (χ1n) is 9.92. The summed E-state index contributed by atoms with van der Waals surface area (Å²) < 4.78 is 22.3. The Bertz CT molecular complexity index is 974. The number of methoxy groups -OCH3 is 1. The van der Waals surface area contributed by atoms with Gasteiger partial charge in [-0.15, -0.1) is 0 Å². The third-order valence-electron chi connectivity index (χ3n) is 5.36. The van der Waals surface area contributed by atoms with E-state index in [1.807, 2.05) is 0 Å². The maximum atomic E-state index is 12.7. The zero-order valence-electron chi connectivity index (χ0n) is 16.9. The van der Waals surface area contributed by atoms with E-state index in [0.29, 0.717) is 17.7 Å². The van der Waals surface area contributed by atoms with Gasteiger partial charge in [0.1, 0.15) is 28.9 Å². The van der Waals surface area contributed by atoms with Gasteiger partial charge in [0.25, 0.3) is 0 Å². The maximum Gasteiger partial charge on any atom is 0.202 e. The standard InChI is InChI=1S/C22H24O9/c1-28-18-3-2-11(4-15(18)25)19-9-17(27)22-16(26)7-13(8-20(22)31-19)29-21-6-12(24)5-14(10-23)30-21/h2-4,7-8,12,14,19,21,23-26H,5-6,9-10H2,1H3/t12?,14?,19-,21?/m0/s1. The fraction of sp³-hybridized carbons (Fsp3) is 0.409. The summed E-state index contributed by atoms with van der Waals surface area (Å²) in [6.45, 7) is -0.250. The quantitative estimate of drug-likeness (QED) is 0.560. The largest absolute Gasteiger partial charge is 0.507 e. The highest BCUT2D eigenvalue weighted by Gasteiger charge is 2.33. The van der Waals surface area contributed by atoms with Crippen molar-refractivity contribution in [1.29, 1.82) is 0 Å². The lowest BCUT2D eigenvalue weighted by atomic mass is 9.95. The van der Waals surface area contributed by atoms with Crippen molar-refractivity contribution in [2.24, 2.45) is 0 Å². The van der Waals surface area contributed by atoms with Crippen molar-refractivity contribution in [2.75, 3.05) is 13.7 Å². The topological polar surface area (TPSA) is 135 Å². The number of aliphatic hydroxyl groups excluding tert-OH is 2. The van der Waals surface area contributed by atoms with Crippen LogP contribution in [0.5, 0.6) is 28.7 Å². The maximum absolute atomic E-state index is 12.7. The van der Waals surface area contributed by atoms with Crippen LogP contribution in [0.15, 0.2) is 30.3 Å². The Balaban J connectivity index is 1.57. The Morgan fingerprint density at radius 1 is 1.13 bits per heavy atom. The van der Waals surface area contributed by atoms with Gasteiger partial charge in [-0.05, 0) is 17.7 Å². The molecule has 2 aliphatic heterocycles. The van der Waals surface area contributed by atoms with Crippen LogP contribution in [0.4, 0.5) is 0 Å². The van der Waals surface area contributed by atoms with E-state index >= 15 is 0 Å². The van der Waals surface area contributed by atoms with Crippen LogP contribution in [0.2, 0.25) is 0 Å². The molecule has 2 heterocycles. The number of carbonyl (C=O) groups is 1. The van der Waals surface area contributed by atoms with Gasteiger partial charge < -0.3 is 39.4 Å². The molecule has 9 heteroatoms. The van der Waals surface area contributed by atoms with E-state index in [0.717, 1.165) is 0 Å². The van der Waals surface area contributed by atoms with Gasteiger partial charge in [-0.2, -0.15) is 0 Å². The van der Waals surface area contributed by atoms with Crippen molar-refractivity contribution in [1.82, 2.24) is 0 Å². The molecule has 0 amide bonds. The molecule has 0 aromatic heterocycles. The predicted molar refractivity (Wildman–Crippen MR) is 107 cm³/mol. The summed E-state index contributed by atoms with van der Waals surface area (Å²) in [5.74, 6) is -0.0396. The van der Waals surface area contributed by atoms with Crippen LogP contribution in [0.1, 0.15) is 41.3 Å². The van der Waals surface area contributed by atoms with Gasteiger partial charge in [0.2, 0.25) is 6.29 Å². The van der Waals surface area contributed by atoms with E-state index in [9.17, 15) is 25.2 Å². The molecule has 0 aliphatic carbocycles. The monoisotopic (exact) mass is 432 g/mol. The molecule has 4 atom stereocenters. The summed E-state index contributed by atoms with van der Waals surface area (Å²) in [5.41, 5.74) is 0.631. The summed E-state index contributed by atoms with van der Waals surface area (Å²) in [6.07, 6.45) is -2.24. The number of ether oxygens (including phenoxy) is 4. The number of aliphatic hydroxyl groups is 2. The zero-order chi connectivity index (χ0) is 22.1. The molecule has 0 radical (unpaired) electrons. The molecule has 2 aromatic carbocycles. The smallest absolute Gasteiger partial charge is 0.202 e. The normalized spacial score (nSPS) is 25.5. The molecule has 166 valence electrons. The Morgan fingerprint density at radius 2 is 1.94 bits per heavy atom.